The Kier molecular flexibility index (Phi) is 17.4. The van der Waals surface area contributed by atoms with E-state index in [1.165, 1.54) is 0 Å². The summed E-state index contributed by atoms with van der Waals surface area (Å²) in [7, 11) is 0. The Hall–Kier alpha value is -4.65. The monoisotopic (exact) mass is 653 g/mol. The molecule has 0 aliphatic carbocycles. The van der Waals surface area contributed by atoms with Crippen molar-refractivity contribution >= 4 is 29.8 Å². The molecule has 2 rings (SSSR count). The summed E-state index contributed by atoms with van der Waals surface area (Å²) in [6.45, 7) is 6.29. The number of benzene rings is 2. The van der Waals surface area contributed by atoms with Gasteiger partial charge >= 0.3 is 6.09 Å². The first kappa shape index (κ1) is 38.5. The highest BCUT2D eigenvalue weighted by molar-refractivity contribution is 5.91. The maximum Gasteiger partial charge on any atom is 0.408 e. The maximum atomic E-state index is 13.4. The van der Waals surface area contributed by atoms with Gasteiger partial charge in [-0.15, -0.1) is 0 Å². The van der Waals surface area contributed by atoms with Crippen molar-refractivity contribution in [3.05, 3.63) is 71.8 Å². The molecule has 0 heterocycles. The SMILES string of the molecule is CC[C@H](NC(=O)[C@H](CCCN=C(N)N)NC(=O)OCc1ccccc1)C(=O)N[C@@H](CC(C)C)[C@@H](O)CC(=O)NCCc1ccccc1. The quantitative estimate of drug-likeness (QED) is 0.0636. The van der Waals surface area contributed by atoms with E-state index in [-0.39, 0.29) is 50.2 Å². The Morgan fingerprint density at radius 2 is 1.49 bits per heavy atom. The Labute approximate surface area is 277 Å². The molecule has 2 aromatic rings. The highest BCUT2D eigenvalue weighted by Gasteiger charge is 2.30. The number of rotatable bonds is 20. The molecule has 47 heavy (non-hydrogen) atoms. The first-order valence-corrected chi connectivity index (χ1v) is 16.1. The molecular formula is C34H51N7O6. The summed E-state index contributed by atoms with van der Waals surface area (Å²) >= 11 is 0. The zero-order valence-electron chi connectivity index (χ0n) is 27.6. The van der Waals surface area contributed by atoms with Gasteiger partial charge in [0.25, 0.3) is 0 Å². The van der Waals surface area contributed by atoms with Gasteiger partial charge in [0.1, 0.15) is 18.7 Å². The van der Waals surface area contributed by atoms with Crippen molar-refractivity contribution in [2.45, 2.75) is 90.1 Å². The molecule has 4 atom stereocenters. The fourth-order valence-corrected chi connectivity index (χ4v) is 4.80. The molecule has 258 valence electrons. The minimum Gasteiger partial charge on any atom is -0.445 e. The molecule has 0 bridgehead atoms. The van der Waals surface area contributed by atoms with Crippen LogP contribution in [-0.2, 0) is 32.1 Å². The third-order valence-electron chi connectivity index (χ3n) is 7.30. The van der Waals surface area contributed by atoms with Gasteiger partial charge in [-0.25, -0.2) is 4.79 Å². The number of ether oxygens (including phenoxy) is 1. The van der Waals surface area contributed by atoms with E-state index in [0.717, 1.165) is 11.1 Å². The van der Waals surface area contributed by atoms with E-state index in [0.29, 0.717) is 25.8 Å². The summed E-state index contributed by atoms with van der Waals surface area (Å²) in [6.07, 6.45) is -0.281. The number of nitrogens with two attached hydrogens (primary N) is 2. The predicted molar refractivity (Wildman–Crippen MR) is 181 cm³/mol. The van der Waals surface area contributed by atoms with Crippen LogP contribution in [0.15, 0.2) is 65.7 Å². The molecule has 0 fully saturated rings. The van der Waals surface area contributed by atoms with Crippen molar-refractivity contribution in [3.63, 3.8) is 0 Å². The average Bonchev–Trinajstić information content (AvgIpc) is 3.04. The fourth-order valence-electron chi connectivity index (χ4n) is 4.80. The number of nitrogens with one attached hydrogen (secondary N) is 4. The molecule has 0 saturated heterocycles. The number of carbonyl (C=O) groups is 4. The van der Waals surface area contributed by atoms with Gasteiger partial charge < -0.3 is 42.6 Å². The number of nitrogens with zero attached hydrogens (tertiary/aromatic N) is 1. The second-order valence-corrected chi connectivity index (χ2v) is 11.8. The summed E-state index contributed by atoms with van der Waals surface area (Å²) in [5, 5.41) is 21.9. The number of amides is 4. The molecule has 0 radical (unpaired) electrons. The van der Waals surface area contributed by atoms with Crippen LogP contribution in [0.5, 0.6) is 0 Å². The molecular weight excluding hydrogens is 602 g/mol. The number of alkyl carbamates (subject to hydrolysis) is 1. The fraction of sp³-hybridized carbons (Fsp3) is 0.500. The number of aliphatic hydroxyl groups is 1. The number of guanidine groups is 1. The van der Waals surface area contributed by atoms with Crippen LogP contribution < -0.4 is 32.7 Å². The van der Waals surface area contributed by atoms with Gasteiger partial charge in [0, 0.05) is 13.1 Å². The molecule has 0 aliphatic heterocycles. The van der Waals surface area contributed by atoms with Gasteiger partial charge in [-0.05, 0) is 49.1 Å². The normalized spacial score (nSPS) is 13.4. The van der Waals surface area contributed by atoms with Crippen LogP contribution >= 0.6 is 0 Å². The topological polar surface area (TPSA) is 210 Å². The third-order valence-corrected chi connectivity index (χ3v) is 7.30. The largest absolute Gasteiger partial charge is 0.445 e. The zero-order chi connectivity index (χ0) is 34.6. The highest BCUT2D eigenvalue weighted by Crippen LogP contribution is 2.12. The molecule has 0 unspecified atom stereocenters. The predicted octanol–water partition coefficient (Wildman–Crippen LogP) is 1.87. The molecule has 2 aromatic carbocycles. The van der Waals surface area contributed by atoms with Crippen LogP contribution in [0.4, 0.5) is 4.79 Å². The molecule has 0 aromatic heterocycles. The lowest BCUT2D eigenvalue weighted by Gasteiger charge is -2.28. The molecule has 0 spiro atoms. The maximum absolute atomic E-state index is 13.4. The number of hydrogen-bond donors (Lipinski definition) is 7. The molecule has 0 aliphatic rings. The van der Waals surface area contributed by atoms with E-state index in [1.54, 1.807) is 19.1 Å². The second kappa shape index (κ2) is 21.2. The summed E-state index contributed by atoms with van der Waals surface area (Å²) in [6, 6.07) is 16.1. The van der Waals surface area contributed by atoms with Gasteiger partial charge in [-0.1, -0.05) is 81.4 Å². The first-order chi connectivity index (χ1) is 22.5. The number of aliphatic imine (C=N–C) groups is 1. The Bertz CT molecular complexity index is 1270. The van der Waals surface area contributed by atoms with Gasteiger partial charge in [0.05, 0.1) is 18.6 Å². The summed E-state index contributed by atoms with van der Waals surface area (Å²) in [5.41, 5.74) is 12.7. The van der Waals surface area contributed by atoms with Crippen molar-refractivity contribution in [1.82, 2.24) is 21.3 Å². The zero-order valence-corrected chi connectivity index (χ0v) is 27.6. The van der Waals surface area contributed by atoms with Crippen LogP contribution in [0.1, 0.15) is 64.0 Å². The van der Waals surface area contributed by atoms with E-state index in [4.69, 9.17) is 16.2 Å². The molecule has 4 amide bonds. The summed E-state index contributed by atoms with van der Waals surface area (Å²) < 4.78 is 5.29. The van der Waals surface area contributed by atoms with Crippen LogP contribution in [-0.4, -0.2) is 72.2 Å². The van der Waals surface area contributed by atoms with Crippen LogP contribution in [0, 0.1) is 5.92 Å². The average molecular weight is 654 g/mol. The summed E-state index contributed by atoms with van der Waals surface area (Å²) in [5.74, 6) is -1.42. The summed E-state index contributed by atoms with van der Waals surface area (Å²) in [4.78, 5) is 55.8. The third kappa shape index (κ3) is 16.0. The van der Waals surface area contributed by atoms with Crippen molar-refractivity contribution in [2.24, 2.45) is 22.4 Å². The van der Waals surface area contributed by atoms with Crippen molar-refractivity contribution < 1.29 is 29.0 Å². The van der Waals surface area contributed by atoms with Crippen LogP contribution in [0.2, 0.25) is 0 Å². The minimum absolute atomic E-state index is 0.0135. The number of hydrogen-bond acceptors (Lipinski definition) is 7. The van der Waals surface area contributed by atoms with Gasteiger partial charge in [-0.3, -0.25) is 19.4 Å². The van der Waals surface area contributed by atoms with Crippen molar-refractivity contribution in [2.75, 3.05) is 13.1 Å². The van der Waals surface area contributed by atoms with Crippen LogP contribution in [0.3, 0.4) is 0 Å². The first-order valence-electron chi connectivity index (χ1n) is 16.1. The van der Waals surface area contributed by atoms with Gasteiger partial charge in [-0.2, -0.15) is 0 Å². The second-order valence-electron chi connectivity index (χ2n) is 11.8. The lowest BCUT2D eigenvalue weighted by Crippen LogP contribution is -2.56. The van der Waals surface area contributed by atoms with Crippen molar-refractivity contribution in [1.29, 1.82) is 0 Å². The van der Waals surface area contributed by atoms with Gasteiger partial charge in [0.2, 0.25) is 17.7 Å². The highest BCUT2D eigenvalue weighted by atomic mass is 16.5. The Morgan fingerprint density at radius 3 is 2.09 bits per heavy atom. The standard InChI is InChI=1S/C34H51N7O6/c1-4-26(31(44)40-28(20-23(2)3)29(42)21-30(43)37-19-17-24-12-7-5-8-13-24)39-32(45)27(16-11-18-38-33(35)36)41-34(46)47-22-25-14-9-6-10-15-25/h5-10,12-15,23,26-29,42H,4,11,16-22H2,1-3H3,(H,37,43)(H,39,45)(H,40,44)(H,41,46)(H4,35,36,38)/t26-,27-,28-,29-/m0/s1. The lowest BCUT2D eigenvalue weighted by atomic mass is 9.96. The van der Waals surface area contributed by atoms with Crippen molar-refractivity contribution in [3.8, 4) is 0 Å². The lowest BCUT2D eigenvalue weighted by molar-refractivity contribution is -0.131. The van der Waals surface area contributed by atoms with Crippen LogP contribution in [0.25, 0.3) is 0 Å². The van der Waals surface area contributed by atoms with E-state index in [1.807, 2.05) is 62.4 Å². The van der Waals surface area contributed by atoms with E-state index in [2.05, 4.69) is 26.3 Å². The van der Waals surface area contributed by atoms with E-state index in [9.17, 15) is 24.3 Å². The van der Waals surface area contributed by atoms with Gasteiger partial charge in [0.15, 0.2) is 5.96 Å². The number of carbonyl (C=O) groups excluding carboxylic acids is 4. The van der Waals surface area contributed by atoms with E-state index >= 15 is 0 Å². The Balaban J connectivity index is 2.00. The molecule has 0 saturated carbocycles. The van der Waals surface area contributed by atoms with E-state index < -0.39 is 42.1 Å². The molecule has 13 heteroatoms. The molecule has 13 nitrogen and oxygen atoms in total. The smallest absolute Gasteiger partial charge is 0.408 e. The Morgan fingerprint density at radius 1 is 0.872 bits per heavy atom. The minimum atomic E-state index is -1.14. The molecule has 9 N–H and O–H groups in total. The number of aliphatic hydroxyl groups excluding tert-OH is 1.